The van der Waals surface area contributed by atoms with Crippen LogP contribution in [0.5, 0.6) is 5.75 Å². The summed E-state index contributed by atoms with van der Waals surface area (Å²) in [6.45, 7) is 6.29. The van der Waals surface area contributed by atoms with Crippen molar-refractivity contribution >= 4 is 9.84 Å². The lowest BCUT2D eigenvalue weighted by atomic mass is 10.2. The summed E-state index contributed by atoms with van der Waals surface area (Å²) in [7, 11) is -1.91. The molecule has 1 rings (SSSR count). The predicted molar refractivity (Wildman–Crippen MR) is 72.8 cm³/mol. The minimum absolute atomic E-state index is 0.107. The van der Waals surface area contributed by atoms with Gasteiger partial charge in [0.15, 0.2) is 9.84 Å². The molecular weight excluding hydrogens is 250 g/mol. The maximum Gasteiger partial charge on any atom is 0.186 e. The van der Waals surface area contributed by atoms with Gasteiger partial charge < -0.3 is 10.1 Å². The van der Waals surface area contributed by atoms with Crippen molar-refractivity contribution in [2.75, 3.05) is 13.7 Å². The van der Waals surface area contributed by atoms with Gasteiger partial charge in [-0.3, -0.25) is 0 Å². The monoisotopic (exact) mass is 271 g/mol. The van der Waals surface area contributed by atoms with Gasteiger partial charge in [-0.15, -0.1) is 0 Å². The van der Waals surface area contributed by atoms with E-state index in [4.69, 9.17) is 4.74 Å². The lowest BCUT2D eigenvalue weighted by Crippen LogP contribution is -2.40. The molecule has 1 aromatic carbocycles. The van der Waals surface area contributed by atoms with E-state index < -0.39 is 15.1 Å². The molecule has 4 nitrogen and oxygen atoms in total. The second-order valence-corrected chi connectivity index (χ2v) is 6.52. The maximum absolute atomic E-state index is 12.5. The molecule has 0 spiro atoms. The van der Waals surface area contributed by atoms with Crippen molar-refractivity contribution in [3.63, 3.8) is 0 Å². The highest BCUT2D eigenvalue weighted by atomic mass is 32.2. The highest BCUT2D eigenvalue weighted by molar-refractivity contribution is 7.92. The van der Waals surface area contributed by atoms with Crippen LogP contribution < -0.4 is 10.1 Å². The zero-order chi connectivity index (χ0) is 13.8. The fourth-order valence-corrected chi connectivity index (χ4v) is 3.55. The van der Waals surface area contributed by atoms with Crippen molar-refractivity contribution in [2.45, 2.75) is 37.0 Å². The third kappa shape index (κ3) is 3.03. The summed E-state index contributed by atoms with van der Waals surface area (Å²) in [5, 5.41) is 2.63. The van der Waals surface area contributed by atoms with Gasteiger partial charge in [0.1, 0.15) is 10.6 Å². The molecule has 0 saturated carbocycles. The number of benzene rings is 1. The Balaban J connectivity index is 3.13. The second-order valence-electron chi connectivity index (χ2n) is 4.25. The smallest absolute Gasteiger partial charge is 0.186 e. The molecule has 0 amide bonds. The lowest BCUT2D eigenvalue weighted by Gasteiger charge is -2.21. The van der Waals surface area contributed by atoms with Gasteiger partial charge in [0, 0.05) is 6.04 Å². The predicted octanol–water partition coefficient (Wildman–Crippen LogP) is 1.86. The van der Waals surface area contributed by atoms with Crippen molar-refractivity contribution in [2.24, 2.45) is 0 Å². The standard InChI is InChI=1S/C13H21NO3S/c1-5-14-10(2)11(3)18(15,16)13-9-7-6-8-12(13)17-4/h6-11,14H,5H2,1-4H3. The van der Waals surface area contributed by atoms with Gasteiger partial charge in [-0.2, -0.15) is 0 Å². The van der Waals surface area contributed by atoms with Gasteiger partial charge in [-0.05, 0) is 32.5 Å². The first kappa shape index (κ1) is 15.0. The molecule has 18 heavy (non-hydrogen) atoms. The number of rotatable bonds is 6. The molecule has 0 aliphatic rings. The van der Waals surface area contributed by atoms with Crippen molar-refractivity contribution in [3.05, 3.63) is 24.3 Å². The van der Waals surface area contributed by atoms with Gasteiger partial charge in [0.05, 0.1) is 12.4 Å². The first-order valence-corrected chi connectivity index (χ1v) is 7.60. The summed E-state index contributed by atoms with van der Waals surface area (Å²) in [4.78, 5) is 0.254. The van der Waals surface area contributed by atoms with Crippen LogP contribution in [0.15, 0.2) is 29.2 Å². The molecular formula is C13H21NO3S. The highest BCUT2D eigenvalue weighted by Gasteiger charge is 2.30. The van der Waals surface area contributed by atoms with E-state index in [1.54, 1.807) is 31.2 Å². The number of hydrogen-bond donors (Lipinski definition) is 1. The molecule has 0 aliphatic heterocycles. The van der Waals surface area contributed by atoms with Crippen molar-refractivity contribution in [1.29, 1.82) is 0 Å². The maximum atomic E-state index is 12.5. The third-order valence-electron chi connectivity index (χ3n) is 3.10. The molecule has 1 N–H and O–H groups in total. The van der Waals surface area contributed by atoms with Gasteiger partial charge in [-0.1, -0.05) is 19.1 Å². The normalized spacial score (nSPS) is 15.1. The van der Waals surface area contributed by atoms with Crippen LogP contribution >= 0.6 is 0 Å². The average molecular weight is 271 g/mol. The van der Waals surface area contributed by atoms with E-state index in [0.717, 1.165) is 6.54 Å². The van der Waals surface area contributed by atoms with Crippen LogP contribution in [-0.4, -0.2) is 33.4 Å². The summed E-state index contributed by atoms with van der Waals surface area (Å²) in [6.07, 6.45) is 0. The van der Waals surface area contributed by atoms with E-state index in [0.29, 0.717) is 5.75 Å². The Labute approximate surface area is 109 Å². The van der Waals surface area contributed by atoms with Gasteiger partial charge in [-0.25, -0.2) is 8.42 Å². The Bertz CT molecular complexity index is 485. The first-order valence-electron chi connectivity index (χ1n) is 6.05. The first-order chi connectivity index (χ1) is 8.45. The van der Waals surface area contributed by atoms with Gasteiger partial charge >= 0.3 is 0 Å². The number of para-hydroxylation sites is 1. The van der Waals surface area contributed by atoms with Gasteiger partial charge in [0.25, 0.3) is 0 Å². The fraction of sp³-hybridized carbons (Fsp3) is 0.538. The summed E-state index contributed by atoms with van der Waals surface area (Å²) in [6, 6.07) is 6.61. The van der Waals surface area contributed by atoms with Crippen LogP contribution in [0, 0.1) is 0 Å². The molecule has 2 unspecified atom stereocenters. The Kier molecular flexibility index (Phi) is 5.16. The van der Waals surface area contributed by atoms with E-state index in [1.165, 1.54) is 7.11 Å². The minimum atomic E-state index is -3.39. The largest absolute Gasteiger partial charge is 0.495 e. The summed E-state index contributed by atoms with van der Waals surface area (Å²) >= 11 is 0. The number of hydrogen-bond acceptors (Lipinski definition) is 4. The minimum Gasteiger partial charge on any atom is -0.495 e. The van der Waals surface area contributed by atoms with E-state index in [2.05, 4.69) is 5.32 Å². The van der Waals surface area contributed by atoms with Crippen LogP contribution in [0.1, 0.15) is 20.8 Å². The average Bonchev–Trinajstić information content (AvgIpc) is 2.38. The fourth-order valence-electron chi connectivity index (χ4n) is 1.81. The van der Waals surface area contributed by atoms with E-state index in [1.807, 2.05) is 13.8 Å². The Morgan fingerprint density at radius 1 is 1.28 bits per heavy atom. The topological polar surface area (TPSA) is 55.4 Å². The summed E-state index contributed by atoms with van der Waals surface area (Å²) in [5.74, 6) is 0.396. The number of methoxy groups -OCH3 is 1. The second kappa shape index (κ2) is 6.20. The van der Waals surface area contributed by atoms with Crippen LogP contribution in [0.2, 0.25) is 0 Å². The Hall–Kier alpha value is -1.07. The van der Waals surface area contributed by atoms with E-state index >= 15 is 0 Å². The van der Waals surface area contributed by atoms with E-state index in [9.17, 15) is 8.42 Å². The van der Waals surface area contributed by atoms with Crippen LogP contribution in [0.3, 0.4) is 0 Å². The molecule has 0 aliphatic carbocycles. The number of ether oxygens (including phenoxy) is 1. The zero-order valence-electron chi connectivity index (χ0n) is 11.3. The highest BCUT2D eigenvalue weighted by Crippen LogP contribution is 2.27. The van der Waals surface area contributed by atoms with Crippen molar-refractivity contribution in [1.82, 2.24) is 5.32 Å². The Morgan fingerprint density at radius 2 is 1.89 bits per heavy atom. The third-order valence-corrected chi connectivity index (χ3v) is 5.43. The molecule has 0 radical (unpaired) electrons. The van der Waals surface area contributed by atoms with E-state index in [-0.39, 0.29) is 10.9 Å². The number of sulfone groups is 1. The Morgan fingerprint density at radius 3 is 2.44 bits per heavy atom. The molecule has 2 atom stereocenters. The quantitative estimate of drug-likeness (QED) is 0.858. The molecule has 0 bridgehead atoms. The number of nitrogens with one attached hydrogen (secondary N) is 1. The van der Waals surface area contributed by atoms with Crippen LogP contribution in [0.4, 0.5) is 0 Å². The van der Waals surface area contributed by atoms with Crippen LogP contribution in [-0.2, 0) is 9.84 Å². The summed E-state index contributed by atoms with van der Waals surface area (Å²) < 4.78 is 30.1. The SMILES string of the molecule is CCNC(C)C(C)S(=O)(=O)c1ccccc1OC. The van der Waals surface area contributed by atoms with Crippen molar-refractivity contribution < 1.29 is 13.2 Å². The molecule has 102 valence electrons. The molecule has 1 aromatic rings. The zero-order valence-corrected chi connectivity index (χ0v) is 12.1. The molecule has 0 aromatic heterocycles. The van der Waals surface area contributed by atoms with Crippen molar-refractivity contribution in [3.8, 4) is 5.75 Å². The van der Waals surface area contributed by atoms with Crippen LogP contribution in [0.25, 0.3) is 0 Å². The molecule has 0 fully saturated rings. The molecule has 0 saturated heterocycles. The lowest BCUT2D eigenvalue weighted by molar-refractivity contribution is 0.402. The molecule has 0 heterocycles. The molecule has 5 heteroatoms. The summed E-state index contributed by atoms with van der Waals surface area (Å²) in [5.41, 5.74) is 0. The van der Waals surface area contributed by atoms with Gasteiger partial charge in [0.2, 0.25) is 0 Å².